The Balaban J connectivity index is 4.23. The van der Waals surface area contributed by atoms with Crippen molar-refractivity contribution in [1.82, 2.24) is 5.32 Å². The first-order chi connectivity index (χ1) is 30.5. The number of amides is 1. The summed E-state index contributed by atoms with van der Waals surface area (Å²) in [4.78, 5) is 25.4. The molecule has 0 aromatic rings. The molecule has 0 spiro atoms. The highest BCUT2D eigenvalue weighted by Crippen LogP contribution is 2.38. The molecule has 3 unspecified atom stereocenters. The van der Waals surface area contributed by atoms with E-state index >= 15 is 0 Å². The molecule has 0 heterocycles. The highest BCUT2D eigenvalue weighted by atomic mass is 31.2. The van der Waals surface area contributed by atoms with Crippen LogP contribution < -0.4 is 10.2 Å². The van der Waals surface area contributed by atoms with Gasteiger partial charge in [-0.05, 0) is 32.1 Å². The van der Waals surface area contributed by atoms with Crippen LogP contribution in [0.5, 0.6) is 0 Å². The molecular formula is C54H107N2O6P. The van der Waals surface area contributed by atoms with Crippen molar-refractivity contribution in [3.63, 3.8) is 0 Å². The highest BCUT2D eigenvalue weighted by Gasteiger charge is 2.23. The standard InChI is InChI=1S/C54H107N2O6P/c1-6-8-10-12-14-16-18-20-22-24-25-26-27-28-29-30-32-34-36-38-40-42-44-46-48-54(58)55-52(51-62-63(59,60)61-50-49-56(3,4)5)53(57)47-45-43-41-39-37-35-33-31-23-21-19-17-15-13-11-9-7-2/h37,39,45,47,52-53,57H,6-36,38,40-44,46,48-51H2,1-5H3,(H-,55,58,59,60)/b39-37+,47-45+. The molecule has 0 aliphatic carbocycles. The average molecular weight is 911 g/mol. The number of aliphatic hydroxyl groups excluding tert-OH is 1. The van der Waals surface area contributed by atoms with Crippen LogP contribution in [0.3, 0.4) is 0 Å². The van der Waals surface area contributed by atoms with Crippen LogP contribution in [0.1, 0.15) is 264 Å². The lowest BCUT2D eigenvalue weighted by Crippen LogP contribution is -2.45. The fourth-order valence-electron chi connectivity index (χ4n) is 8.11. The minimum Gasteiger partial charge on any atom is -0.756 e. The van der Waals surface area contributed by atoms with Crippen molar-refractivity contribution in [2.45, 2.75) is 276 Å². The van der Waals surface area contributed by atoms with Gasteiger partial charge in [0.1, 0.15) is 13.2 Å². The molecule has 0 radical (unpaired) electrons. The van der Waals surface area contributed by atoms with E-state index < -0.39 is 20.0 Å². The Morgan fingerprint density at radius 2 is 0.889 bits per heavy atom. The number of carbonyl (C=O) groups excluding carboxylic acids is 1. The first-order valence-corrected chi connectivity index (χ1v) is 28.7. The fraction of sp³-hybridized carbons (Fsp3) is 0.907. The average Bonchev–Trinajstić information content (AvgIpc) is 3.24. The van der Waals surface area contributed by atoms with Gasteiger partial charge < -0.3 is 28.8 Å². The van der Waals surface area contributed by atoms with Crippen LogP contribution in [0, 0.1) is 0 Å². The molecule has 1 amide bonds. The lowest BCUT2D eigenvalue weighted by atomic mass is 10.0. The number of allylic oxidation sites excluding steroid dienone is 3. The van der Waals surface area contributed by atoms with Crippen LogP contribution in [-0.2, 0) is 18.4 Å². The SMILES string of the molecule is CCCCCCCCCCCCC/C=C/CC/C=C/C(O)C(COP(=O)([O-])OCC[N+](C)(C)C)NC(=O)CCCCCCCCCCCCCCCCCCCCCCCCCC. The monoisotopic (exact) mass is 911 g/mol. The first kappa shape index (κ1) is 62.0. The number of phosphoric acid groups is 1. The van der Waals surface area contributed by atoms with Gasteiger partial charge in [0.05, 0.1) is 39.9 Å². The molecule has 0 saturated carbocycles. The van der Waals surface area contributed by atoms with E-state index in [1.54, 1.807) is 6.08 Å². The molecule has 0 rings (SSSR count). The Kier molecular flexibility index (Phi) is 45.4. The second kappa shape index (κ2) is 46.1. The van der Waals surface area contributed by atoms with E-state index in [2.05, 4.69) is 31.3 Å². The maximum Gasteiger partial charge on any atom is 0.268 e. The summed E-state index contributed by atoms with van der Waals surface area (Å²) in [6, 6.07) is -0.899. The zero-order valence-corrected chi connectivity index (χ0v) is 43.4. The van der Waals surface area contributed by atoms with Gasteiger partial charge in [0.25, 0.3) is 7.82 Å². The van der Waals surface area contributed by atoms with Gasteiger partial charge in [-0.25, -0.2) is 0 Å². The lowest BCUT2D eigenvalue weighted by molar-refractivity contribution is -0.870. The molecular weight excluding hydrogens is 804 g/mol. The number of phosphoric ester groups is 1. The Labute approximate surface area is 392 Å². The van der Waals surface area contributed by atoms with E-state index in [-0.39, 0.29) is 19.1 Å². The summed E-state index contributed by atoms with van der Waals surface area (Å²) in [6.45, 7) is 4.66. The predicted octanol–water partition coefficient (Wildman–Crippen LogP) is 15.4. The molecule has 63 heavy (non-hydrogen) atoms. The third-order valence-corrected chi connectivity index (χ3v) is 13.4. The number of hydrogen-bond acceptors (Lipinski definition) is 6. The maximum absolute atomic E-state index is 12.9. The summed E-state index contributed by atoms with van der Waals surface area (Å²) in [6.07, 6.45) is 56.8. The molecule has 0 saturated heterocycles. The Hall–Kier alpha value is -1.02. The van der Waals surface area contributed by atoms with Crippen molar-refractivity contribution in [2.75, 3.05) is 40.9 Å². The van der Waals surface area contributed by atoms with Gasteiger partial charge >= 0.3 is 0 Å². The molecule has 2 N–H and O–H groups in total. The van der Waals surface area contributed by atoms with E-state index in [0.717, 1.165) is 38.5 Å². The molecule has 0 bridgehead atoms. The van der Waals surface area contributed by atoms with E-state index in [1.807, 2.05) is 27.2 Å². The van der Waals surface area contributed by atoms with Crippen molar-refractivity contribution in [1.29, 1.82) is 0 Å². The van der Waals surface area contributed by atoms with Gasteiger partial charge in [-0.3, -0.25) is 9.36 Å². The van der Waals surface area contributed by atoms with Crippen LogP contribution >= 0.6 is 7.82 Å². The van der Waals surface area contributed by atoms with Gasteiger partial charge in [0, 0.05) is 6.42 Å². The molecule has 9 heteroatoms. The Morgan fingerprint density at radius 1 is 0.540 bits per heavy atom. The number of rotatable bonds is 50. The molecule has 0 aromatic carbocycles. The van der Waals surface area contributed by atoms with Gasteiger partial charge in [-0.1, -0.05) is 250 Å². The van der Waals surface area contributed by atoms with E-state index in [1.165, 1.54) is 205 Å². The number of aliphatic hydroxyl groups is 1. The van der Waals surface area contributed by atoms with Crippen molar-refractivity contribution in [3.05, 3.63) is 24.3 Å². The third kappa shape index (κ3) is 48.7. The quantitative estimate of drug-likeness (QED) is 0.0272. The summed E-state index contributed by atoms with van der Waals surface area (Å²) >= 11 is 0. The van der Waals surface area contributed by atoms with Gasteiger partial charge in [-0.15, -0.1) is 0 Å². The number of hydrogen-bond donors (Lipinski definition) is 2. The topological polar surface area (TPSA) is 108 Å². The van der Waals surface area contributed by atoms with Crippen molar-refractivity contribution in [3.8, 4) is 0 Å². The molecule has 374 valence electrons. The van der Waals surface area contributed by atoms with Crippen LogP contribution in [-0.4, -0.2) is 68.5 Å². The fourth-order valence-corrected chi connectivity index (χ4v) is 8.84. The lowest BCUT2D eigenvalue weighted by Gasteiger charge is -2.29. The van der Waals surface area contributed by atoms with Crippen LogP contribution in [0.25, 0.3) is 0 Å². The number of likely N-dealkylation sites (N-methyl/N-ethyl adjacent to an activating group) is 1. The second-order valence-corrected chi connectivity index (χ2v) is 21.3. The van der Waals surface area contributed by atoms with Gasteiger partial charge in [0.15, 0.2) is 0 Å². The smallest absolute Gasteiger partial charge is 0.268 e. The largest absolute Gasteiger partial charge is 0.756 e. The minimum atomic E-state index is -4.60. The number of nitrogens with zero attached hydrogens (tertiary/aromatic N) is 1. The maximum atomic E-state index is 12.9. The third-order valence-electron chi connectivity index (χ3n) is 12.4. The summed E-state index contributed by atoms with van der Waals surface area (Å²) in [5, 5.41) is 13.8. The summed E-state index contributed by atoms with van der Waals surface area (Å²) < 4.78 is 23.3. The highest BCUT2D eigenvalue weighted by molar-refractivity contribution is 7.45. The number of unbranched alkanes of at least 4 members (excludes halogenated alkanes) is 35. The summed E-state index contributed by atoms with van der Waals surface area (Å²) in [5.41, 5.74) is 0. The molecule has 0 aliphatic rings. The Morgan fingerprint density at radius 3 is 1.29 bits per heavy atom. The van der Waals surface area contributed by atoms with E-state index in [9.17, 15) is 19.4 Å². The summed E-state index contributed by atoms with van der Waals surface area (Å²) in [7, 11) is 1.26. The number of carbonyl (C=O) groups is 1. The second-order valence-electron chi connectivity index (χ2n) is 19.9. The van der Waals surface area contributed by atoms with Crippen molar-refractivity contribution in [2.24, 2.45) is 0 Å². The normalized spacial score (nSPS) is 14.2. The van der Waals surface area contributed by atoms with Gasteiger partial charge in [0.2, 0.25) is 5.91 Å². The van der Waals surface area contributed by atoms with Crippen LogP contribution in [0.4, 0.5) is 0 Å². The van der Waals surface area contributed by atoms with Crippen LogP contribution in [0.15, 0.2) is 24.3 Å². The first-order valence-electron chi connectivity index (χ1n) is 27.2. The van der Waals surface area contributed by atoms with E-state index in [4.69, 9.17) is 9.05 Å². The van der Waals surface area contributed by atoms with E-state index in [0.29, 0.717) is 17.4 Å². The molecule has 0 fully saturated rings. The molecule has 3 atom stereocenters. The molecule has 0 aliphatic heterocycles. The number of quaternary nitrogens is 1. The molecule has 8 nitrogen and oxygen atoms in total. The van der Waals surface area contributed by atoms with Crippen molar-refractivity contribution >= 4 is 13.7 Å². The predicted molar refractivity (Wildman–Crippen MR) is 270 cm³/mol. The molecule has 0 aromatic heterocycles. The van der Waals surface area contributed by atoms with Crippen molar-refractivity contribution < 1.29 is 32.9 Å². The zero-order chi connectivity index (χ0) is 46.4. The Bertz CT molecular complexity index is 1080. The van der Waals surface area contributed by atoms with Gasteiger partial charge in [-0.2, -0.15) is 0 Å². The number of nitrogens with one attached hydrogen (secondary N) is 1. The minimum absolute atomic E-state index is 0.00387. The van der Waals surface area contributed by atoms with Crippen LogP contribution in [0.2, 0.25) is 0 Å². The summed E-state index contributed by atoms with van der Waals surface area (Å²) in [5.74, 6) is -0.202. The zero-order valence-electron chi connectivity index (χ0n) is 42.5.